The van der Waals surface area contributed by atoms with Gasteiger partial charge in [0.1, 0.15) is 11.6 Å². The van der Waals surface area contributed by atoms with E-state index in [1.807, 2.05) is 18.2 Å². The van der Waals surface area contributed by atoms with Crippen LogP contribution in [-0.4, -0.2) is 53.8 Å². The summed E-state index contributed by atoms with van der Waals surface area (Å²) in [6.07, 6.45) is 0.902. The molecule has 1 saturated heterocycles. The van der Waals surface area contributed by atoms with Crippen LogP contribution in [0.25, 0.3) is 33.3 Å². The Morgan fingerprint density at radius 3 is 2.72 bits per heavy atom. The maximum atomic E-state index is 6.24. The quantitative estimate of drug-likeness (QED) is 0.403. The summed E-state index contributed by atoms with van der Waals surface area (Å²) in [5, 5.41) is 5.15. The van der Waals surface area contributed by atoms with Crippen LogP contribution in [0.2, 0.25) is 5.02 Å². The molecule has 1 aliphatic rings. The molecule has 0 amide bonds. The lowest BCUT2D eigenvalue weighted by Gasteiger charge is -2.28. The largest absolute Gasteiger partial charge is 0.378 e. The van der Waals surface area contributed by atoms with E-state index in [4.69, 9.17) is 32.0 Å². The molecule has 1 fully saturated rings. The topological polar surface area (TPSA) is 92.1 Å². The van der Waals surface area contributed by atoms with Crippen LogP contribution in [0, 0.1) is 0 Å². The first-order chi connectivity index (χ1) is 15.6. The molecule has 0 aliphatic carbocycles. The first kappa shape index (κ1) is 21.0. The van der Waals surface area contributed by atoms with Crippen LogP contribution in [0.1, 0.15) is 13.3 Å². The van der Waals surface area contributed by atoms with Gasteiger partial charge in [0.15, 0.2) is 0 Å². The normalized spacial score (nSPS) is 15.4. The molecule has 1 aliphatic heterocycles. The Morgan fingerprint density at radius 1 is 1.12 bits per heavy atom. The summed E-state index contributed by atoms with van der Waals surface area (Å²) >= 11 is 6.24. The summed E-state index contributed by atoms with van der Waals surface area (Å²) in [5.41, 5.74) is 10.8. The number of nitrogens with zero attached hydrogens (tertiary/aromatic N) is 3. The van der Waals surface area contributed by atoms with Gasteiger partial charge in [0.25, 0.3) is 0 Å². The van der Waals surface area contributed by atoms with Gasteiger partial charge in [-0.2, -0.15) is 0 Å². The fourth-order valence-electron chi connectivity index (χ4n) is 4.10. The highest BCUT2D eigenvalue weighted by atomic mass is 35.5. The molecule has 3 heterocycles. The van der Waals surface area contributed by atoms with E-state index in [-0.39, 0.29) is 6.04 Å². The van der Waals surface area contributed by atoms with Gasteiger partial charge >= 0.3 is 0 Å². The molecule has 1 unspecified atom stereocenters. The van der Waals surface area contributed by atoms with Crippen molar-refractivity contribution in [1.82, 2.24) is 15.0 Å². The van der Waals surface area contributed by atoms with Crippen molar-refractivity contribution < 1.29 is 4.74 Å². The zero-order chi connectivity index (χ0) is 22.1. The first-order valence-electron chi connectivity index (χ1n) is 11.0. The maximum absolute atomic E-state index is 6.24. The van der Waals surface area contributed by atoms with Gasteiger partial charge in [0, 0.05) is 41.8 Å². The number of hydrogen-bond acceptors (Lipinski definition) is 6. The highest BCUT2D eigenvalue weighted by Gasteiger charge is 2.17. The van der Waals surface area contributed by atoms with Gasteiger partial charge in [0.05, 0.1) is 35.3 Å². The molecule has 0 radical (unpaired) electrons. The molecule has 166 valence electrons. The molecule has 2 aromatic heterocycles. The van der Waals surface area contributed by atoms with E-state index in [0.29, 0.717) is 11.6 Å². The molecule has 4 N–H and O–H groups in total. The fourth-order valence-corrected chi connectivity index (χ4v) is 4.28. The van der Waals surface area contributed by atoms with Crippen molar-refractivity contribution in [3.63, 3.8) is 0 Å². The summed E-state index contributed by atoms with van der Waals surface area (Å²) in [5.74, 6) is 1.53. The van der Waals surface area contributed by atoms with E-state index in [9.17, 15) is 0 Å². The van der Waals surface area contributed by atoms with Crippen molar-refractivity contribution in [3.8, 4) is 11.4 Å². The number of morpholine rings is 1. The van der Waals surface area contributed by atoms with Crippen molar-refractivity contribution in [3.05, 3.63) is 47.5 Å². The third kappa shape index (κ3) is 4.11. The number of anilines is 2. The van der Waals surface area contributed by atoms with Crippen LogP contribution < -0.4 is 16.0 Å². The minimum atomic E-state index is 0.128. The maximum Gasteiger partial charge on any atom is 0.142 e. The van der Waals surface area contributed by atoms with Gasteiger partial charge in [-0.25, -0.2) is 9.97 Å². The lowest BCUT2D eigenvalue weighted by atomic mass is 10.1. The minimum Gasteiger partial charge on any atom is -0.378 e. The Bertz CT molecular complexity index is 1250. The SMILES string of the molecule is CCC(CN)Nc1nc2ccc(Cl)cc2cc1-c1nc2ccc(N3CCOCC3)cc2[nH]1. The Kier molecular flexibility index (Phi) is 5.87. The molecular formula is C24H27ClN6O. The zero-order valence-electron chi connectivity index (χ0n) is 18.1. The van der Waals surface area contributed by atoms with Crippen LogP contribution in [0.5, 0.6) is 0 Å². The number of nitrogens with two attached hydrogens (primary N) is 1. The van der Waals surface area contributed by atoms with Crippen molar-refractivity contribution in [2.45, 2.75) is 19.4 Å². The number of aromatic amines is 1. The summed E-state index contributed by atoms with van der Waals surface area (Å²) in [7, 11) is 0. The first-order valence-corrected chi connectivity index (χ1v) is 11.4. The number of rotatable bonds is 6. The van der Waals surface area contributed by atoms with E-state index in [1.54, 1.807) is 0 Å². The summed E-state index contributed by atoms with van der Waals surface area (Å²) < 4.78 is 5.48. The van der Waals surface area contributed by atoms with Crippen LogP contribution >= 0.6 is 11.6 Å². The Labute approximate surface area is 191 Å². The Morgan fingerprint density at radius 2 is 1.94 bits per heavy atom. The average molecular weight is 451 g/mol. The standard InChI is InChI=1S/C24H27ClN6O/c1-2-17(14-26)27-23-19(12-15-11-16(25)3-5-20(15)28-23)24-29-21-6-4-18(13-22(21)30-24)31-7-9-32-10-8-31/h3-6,11-13,17H,2,7-10,14,26H2,1H3,(H,27,28)(H,29,30). The third-order valence-corrected chi connectivity index (χ3v) is 6.23. The minimum absolute atomic E-state index is 0.128. The molecule has 1 atom stereocenters. The molecule has 8 heteroatoms. The second-order valence-corrected chi connectivity index (χ2v) is 8.53. The highest BCUT2D eigenvalue weighted by molar-refractivity contribution is 6.31. The summed E-state index contributed by atoms with van der Waals surface area (Å²) in [4.78, 5) is 15.6. The van der Waals surface area contributed by atoms with E-state index in [2.05, 4.69) is 46.4 Å². The second kappa shape index (κ2) is 8.94. The zero-order valence-corrected chi connectivity index (χ0v) is 18.8. The molecule has 0 saturated carbocycles. The second-order valence-electron chi connectivity index (χ2n) is 8.09. The predicted molar refractivity (Wildman–Crippen MR) is 132 cm³/mol. The molecule has 5 rings (SSSR count). The Balaban J connectivity index is 1.59. The van der Waals surface area contributed by atoms with Gasteiger partial charge in [0.2, 0.25) is 0 Å². The number of halogens is 1. The smallest absolute Gasteiger partial charge is 0.142 e. The molecule has 32 heavy (non-hydrogen) atoms. The van der Waals surface area contributed by atoms with Gasteiger partial charge in [-0.05, 0) is 48.9 Å². The van der Waals surface area contributed by atoms with E-state index in [1.165, 1.54) is 5.69 Å². The van der Waals surface area contributed by atoms with E-state index >= 15 is 0 Å². The molecule has 0 spiro atoms. The number of benzene rings is 2. The molecule has 4 aromatic rings. The predicted octanol–water partition coefficient (Wildman–Crippen LogP) is 4.42. The summed E-state index contributed by atoms with van der Waals surface area (Å²) in [6, 6.07) is 14.3. The van der Waals surface area contributed by atoms with Crippen LogP contribution in [-0.2, 0) is 4.74 Å². The molecule has 7 nitrogen and oxygen atoms in total. The van der Waals surface area contributed by atoms with Crippen LogP contribution in [0.15, 0.2) is 42.5 Å². The number of ether oxygens (including phenoxy) is 1. The third-order valence-electron chi connectivity index (χ3n) is 5.99. The number of H-pyrrole nitrogens is 1. The van der Waals surface area contributed by atoms with Crippen LogP contribution in [0.3, 0.4) is 0 Å². The average Bonchev–Trinajstić information content (AvgIpc) is 3.26. The van der Waals surface area contributed by atoms with Gasteiger partial charge in [-0.1, -0.05) is 18.5 Å². The van der Waals surface area contributed by atoms with Crippen LogP contribution in [0.4, 0.5) is 11.5 Å². The lowest BCUT2D eigenvalue weighted by Crippen LogP contribution is -2.36. The Hall–Kier alpha value is -2.87. The van der Waals surface area contributed by atoms with Crippen molar-refractivity contribution in [1.29, 1.82) is 0 Å². The van der Waals surface area contributed by atoms with Crippen molar-refractivity contribution in [2.75, 3.05) is 43.1 Å². The monoisotopic (exact) mass is 450 g/mol. The van der Waals surface area contributed by atoms with E-state index in [0.717, 1.165) is 71.9 Å². The highest BCUT2D eigenvalue weighted by Crippen LogP contribution is 2.32. The van der Waals surface area contributed by atoms with Crippen molar-refractivity contribution >= 4 is 45.0 Å². The molecule has 0 bridgehead atoms. The fraction of sp³-hybridized carbons (Fsp3) is 0.333. The van der Waals surface area contributed by atoms with Gasteiger partial charge in [-0.3, -0.25) is 0 Å². The lowest BCUT2D eigenvalue weighted by molar-refractivity contribution is 0.122. The number of hydrogen-bond donors (Lipinski definition) is 3. The van der Waals surface area contributed by atoms with E-state index < -0.39 is 0 Å². The molecule has 2 aromatic carbocycles. The molecular weight excluding hydrogens is 424 g/mol. The number of pyridine rings is 1. The summed E-state index contributed by atoms with van der Waals surface area (Å²) in [6.45, 7) is 5.94. The van der Waals surface area contributed by atoms with Crippen molar-refractivity contribution in [2.24, 2.45) is 5.73 Å². The van der Waals surface area contributed by atoms with Gasteiger partial charge in [-0.15, -0.1) is 0 Å². The van der Waals surface area contributed by atoms with Gasteiger partial charge < -0.3 is 25.7 Å². The number of fused-ring (bicyclic) bond motifs is 2. The number of imidazole rings is 1. The number of nitrogens with one attached hydrogen (secondary N) is 2. The number of aromatic nitrogens is 3.